The van der Waals surface area contributed by atoms with Crippen molar-refractivity contribution in [2.24, 2.45) is 0 Å². The second-order valence-corrected chi connectivity index (χ2v) is 2.13. The number of aryl methyl sites for hydroxylation is 2. The van der Waals surface area contributed by atoms with E-state index in [4.69, 9.17) is 10.2 Å². The summed E-state index contributed by atoms with van der Waals surface area (Å²) in [5.41, 5.74) is 6.34. The standard InChI is InChI=1S/C7H12N2O/c1-3-5-6(4-2)10-7(8)9-5/h3-4H2,1-2H3,(H2,8,9). The van der Waals surface area contributed by atoms with Crippen LogP contribution in [0.4, 0.5) is 6.01 Å². The van der Waals surface area contributed by atoms with Gasteiger partial charge in [-0.2, -0.15) is 4.98 Å². The highest BCUT2D eigenvalue weighted by molar-refractivity contribution is 5.19. The molecule has 0 radical (unpaired) electrons. The van der Waals surface area contributed by atoms with Gasteiger partial charge in [-0.3, -0.25) is 0 Å². The zero-order valence-electron chi connectivity index (χ0n) is 6.35. The van der Waals surface area contributed by atoms with E-state index in [1.165, 1.54) is 0 Å². The van der Waals surface area contributed by atoms with Crippen LogP contribution >= 0.6 is 0 Å². The number of nitrogens with zero attached hydrogens (tertiary/aromatic N) is 1. The Labute approximate surface area is 60.2 Å². The van der Waals surface area contributed by atoms with Crippen LogP contribution in [0.1, 0.15) is 25.3 Å². The van der Waals surface area contributed by atoms with Crippen molar-refractivity contribution < 1.29 is 4.42 Å². The van der Waals surface area contributed by atoms with Crippen molar-refractivity contribution in [2.45, 2.75) is 26.7 Å². The van der Waals surface area contributed by atoms with Gasteiger partial charge in [-0.05, 0) is 6.42 Å². The van der Waals surface area contributed by atoms with E-state index in [0.717, 1.165) is 24.3 Å². The third kappa shape index (κ3) is 1.12. The third-order valence-electron chi connectivity index (χ3n) is 1.45. The van der Waals surface area contributed by atoms with Gasteiger partial charge in [-0.15, -0.1) is 0 Å². The molecule has 0 saturated carbocycles. The number of hydrogen-bond acceptors (Lipinski definition) is 3. The van der Waals surface area contributed by atoms with E-state index in [9.17, 15) is 0 Å². The smallest absolute Gasteiger partial charge is 0.292 e. The number of anilines is 1. The van der Waals surface area contributed by atoms with Gasteiger partial charge in [0.2, 0.25) is 0 Å². The molecule has 0 bridgehead atoms. The topological polar surface area (TPSA) is 52.0 Å². The highest BCUT2D eigenvalue weighted by atomic mass is 16.4. The molecule has 0 amide bonds. The van der Waals surface area contributed by atoms with Crippen LogP contribution in [0.5, 0.6) is 0 Å². The minimum atomic E-state index is 0.286. The first-order valence-electron chi connectivity index (χ1n) is 3.52. The number of oxazole rings is 1. The molecule has 0 saturated heterocycles. The maximum absolute atomic E-state index is 5.35. The Morgan fingerprint density at radius 1 is 1.40 bits per heavy atom. The fourth-order valence-corrected chi connectivity index (χ4v) is 0.956. The van der Waals surface area contributed by atoms with Crippen LogP contribution in [-0.2, 0) is 12.8 Å². The molecule has 1 aromatic rings. The van der Waals surface area contributed by atoms with Crippen molar-refractivity contribution in [3.8, 4) is 0 Å². The van der Waals surface area contributed by atoms with Gasteiger partial charge >= 0.3 is 0 Å². The summed E-state index contributed by atoms with van der Waals surface area (Å²) in [7, 11) is 0. The van der Waals surface area contributed by atoms with Crippen LogP contribution in [0.15, 0.2) is 4.42 Å². The summed E-state index contributed by atoms with van der Waals surface area (Å²) < 4.78 is 5.12. The molecule has 0 aliphatic carbocycles. The molecule has 3 nitrogen and oxygen atoms in total. The number of rotatable bonds is 2. The predicted octanol–water partition coefficient (Wildman–Crippen LogP) is 1.38. The second kappa shape index (κ2) is 2.73. The molecule has 1 rings (SSSR count). The molecule has 0 atom stereocenters. The van der Waals surface area contributed by atoms with Crippen molar-refractivity contribution in [3.05, 3.63) is 11.5 Å². The van der Waals surface area contributed by atoms with E-state index in [0.29, 0.717) is 0 Å². The molecule has 3 heteroatoms. The molecule has 1 heterocycles. The average molecular weight is 140 g/mol. The lowest BCUT2D eigenvalue weighted by molar-refractivity contribution is 0.526. The third-order valence-corrected chi connectivity index (χ3v) is 1.45. The first-order chi connectivity index (χ1) is 4.77. The van der Waals surface area contributed by atoms with Crippen molar-refractivity contribution in [3.63, 3.8) is 0 Å². The number of nitrogens with two attached hydrogens (primary N) is 1. The monoisotopic (exact) mass is 140 g/mol. The molecule has 0 fully saturated rings. The lowest BCUT2D eigenvalue weighted by Crippen LogP contribution is -1.86. The summed E-state index contributed by atoms with van der Waals surface area (Å²) in [6.45, 7) is 4.07. The molecule has 0 spiro atoms. The van der Waals surface area contributed by atoms with Gasteiger partial charge in [0.1, 0.15) is 5.76 Å². The first kappa shape index (κ1) is 7.12. The van der Waals surface area contributed by atoms with Crippen LogP contribution in [0.25, 0.3) is 0 Å². The zero-order valence-corrected chi connectivity index (χ0v) is 6.35. The number of aromatic nitrogens is 1. The first-order valence-corrected chi connectivity index (χ1v) is 3.52. The van der Waals surface area contributed by atoms with E-state index in [1.807, 2.05) is 13.8 Å². The fourth-order valence-electron chi connectivity index (χ4n) is 0.956. The normalized spacial score (nSPS) is 10.2. The van der Waals surface area contributed by atoms with Gasteiger partial charge in [0.15, 0.2) is 0 Å². The summed E-state index contributed by atoms with van der Waals surface area (Å²) in [6, 6.07) is 0.286. The highest BCUT2D eigenvalue weighted by Crippen LogP contribution is 2.12. The molecule has 2 N–H and O–H groups in total. The van der Waals surface area contributed by atoms with Gasteiger partial charge in [0.05, 0.1) is 5.69 Å². The van der Waals surface area contributed by atoms with E-state index < -0.39 is 0 Å². The van der Waals surface area contributed by atoms with Crippen molar-refractivity contribution in [1.82, 2.24) is 4.98 Å². The Morgan fingerprint density at radius 2 is 2.10 bits per heavy atom. The Balaban J connectivity index is 2.96. The summed E-state index contributed by atoms with van der Waals surface area (Å²) in [6.07, 6.45) is 1.76. The van der Waals surface area contributed by atoms with Gasteiger partial charge in [-0.25, -0.2) is 0 Å². The van der Waals surface area contributed by atoms with E-state index in [1.54, 1.807) is 0 Å². The minimum absolute atomic E-state index is 0.286. The minimum Gasteiger partial charge on any atom is -0.429 e. The molecule has 0 aliphatic rings. The lowest BCUT2D eigenvalue weighted by Gasteiger charge is -1.89. The van der Waals surface area contributed by atoms with Crippen molar-refractivity contribution in [2.75, 3.05) is 5.73 Å². The molecule has 10 heavy (non-hydrogen) atoms. The Morgan fingerprint density at radius 3 is 2.50 bits per heavy atom. The SMILES string of the molecule is CCc1nc(N)oc1CC. The van der Waals surface area contributed by atoms with Gasteiger partial charge in [0.25, 0.3) is 6.01 Å². The number of nitrogen functional groups attached to an aromatic ring is 1. The largest absolute Gasteiger partial charge is 0.429 e. The zero-order chi connectivity index (χ0) is 7.56. The van der Waals surface area contributed by atoms with Crippen LogP contribution < -0.4 is 5.73 Å². The Kier molecular flexibility index (Phi) is 1.94. The predicted molar refractivity (Wildman–Crippen MR) is 39.7 cm³/mol. The molecular weight excluding hydrogens is 128 g/mol. The van der Waals surface area contributed by atoms with Crippen LogP contribution in [-0.4, -0.2) is 4.98 Å². The van der Waals surface area contributed by atoms with Crippen molar-refractivity contribution in [1.29, 1.82) is 0 Å². The van der Waals surface area contributed by atoms with E-state index >= 15 is 0 Å². The highest BCUT2D eigenvalue weighted by Gasteiger charge is 2.05. The van der Waals surface area contributed by atoms with Crippen molar-refractivity contribution >= 4 is 6.01 Å². The molecule has 0 unspecified atom stereocenters. The van der Waals surface area contributed by atoms with E-state index in [-0.39, 0.29) is 6.01 Å². The number of hydrogen-bond donors (Lipinski definition) is 1. The molecule has 56 valence electrons. The molecule has 1 aromatic heterocycles. The summed E-state index contributed by atoms with van der Waals surface area (Å²) in [5.74, 6) is 0.917. The maximum atomic E-state index is 5.35. The summed E-state index contributed by atoms with van der Waals surface area (Å²) in [4.78, 5) is 4.01. The fraction of sp³-hybridized carbons (Fsp3) is 0.571. The quantitative estimate of drug-likeness (QED) is 0.675. The molecular formula is C7H12N2O. The summed E-state index contributed by atoms with van der Waals surface area (Å²) >= 11 is 0. The van der Waals surface area contributed by atoms with Crippen LogP contribution in [0, 0.1) is 0 Å². The van der Waals surface area contributed by atoms with Crippen LogP contribution in [0.2, 0.25) is 0 Å². The van der Waals surface area contributed by atoms with Gasteiger partial charge < -0.3 is 10.2 Å². The van der Waals surface area contributed by atoms with Gasteiger partial charge in [0, 0.05) is 6.42 Å². The van der Waals surface area contributed by atoms with Gasteiger partial charge in [-0.1, -0.05) is 13.8 Å². The molecule has 0 aliphatic heterocycles. The second-order valence-electron chi connectivity index (χ2n) is 2.13. The molecule has 0 aromatic carbocycles. The van der Waals surface area contributed by atoms with E-state index in [2.05, 4.69) is 4.98 Å². The average Bonchev–Trinajstić information content (AvgIpc) is 2.30. The Bertz CT molecular complexity index is 196. The lowest BCUT2D eigenvalue weighted by atomic mass is 10.2. The maximum Gasteiger partial charge on any atom is 0.292 e. The summed E-state index contributed by atoms with van der Waals surface area (Å²) in [5, 5.41) is 0. The van der Waals surface area contributed by atoms with Crippen LogP contribution in [0.3, 0.4) is 0 Å². The Hall–Kier alpha value is -0.990.